The minimum Gasteiger partial charge on any atom is -0.316 e. The lowest BCUT2D eigenvalue weighted by Gasteiger charge is -2.21. The minimum atomic E-state index is 0.543. The van der Waals surface area contributed by atoms with Gasteiger partial charge in [0.05, 0.1) is 5.69 Å². The molecule has 2 aromatic rings. The third-order valence-electron chi connectivity index (χ3n) is 3.31. The number of hydrogen-bond acceptors (Lipinski definition) is 3. The third-order valence-corrected chi connectivity index (χ3v) is 3.31. The van der Waals surface area contributed by atoms with E-state index >= 15 is 0 Å². The highest BCUT2D eigenvalue weighted by atomic mass is 15.3. The molecule has 3 rings (SSSR count). The molecule has 0 radical (unpaired) electrons. The molecule has 0 aliphatic carbocycles. The van der Waals surface area contributed by atoms with E-state index in [0.29, 0.717) is 5.92 Å². The van der Waals surface area contributed by atoms with Crippen molar-refractivity contribution in [2.24, 2.45) is 7.05 Å². The van der Waals surface area contributed by atoms with Crippen LogP contribution in [-0.4, -0.2) is 27.9 Å². The maximum Gasteiger partial charge on any atom is 0.157 e. The van der Waals surface area contributed by atoms with Gasteiger partial charge in [0.25, 0.3) is 0 Å². The summed E-state index contributed by atoms with van der Waals surface area (Å²) in [6.07, 6.45) is 4.30. The van der Waals surface area contributed by atoms with Crippen molar-refractivity contribution in [1.82, 2.24) is 20.1 Å². The van der Waals surface area contributed by atoms with Crippen LogP contribution in [0.25, 0.3) is 11.0 Å². The molecule has 4 heteroatoms. The number of nitrogens with zero attached hydrogens (tertiary/aromatic N) is 3. The van der Waals surface area contributed by atoms with E-state index in [0.717, 1.165) is 18.7 Å². The number of piperidine rings is 1. The summed E-state index contributed by atoms with van der Waals surface area (Å²) in [6, 6.07) is 4.11. The summed E-state index contributed by atoms with van der Waals surface area (Å²) in [6.45, 7) is 2.18. The fourth-order valence-corrected chi connectivity index (χ4v) is 2.50. The summed E-state index contributed by atoms with van der Waals surface area (Å²) in [5.74, 6) is 0.543. The van der Waals surface area contributed by atoms with E-state index in [1.54, 1.807) is 0 Å². The molecule has 1 fully saturated rings. The van der Waals surface area contributed by atoms with Crippen molar-refractivity contribution in [3.8, 4) is 0 Å². The third kappa shape index (κ3) is 1.50. The number of fused-ring (bicyclic) bond motifs is 1. The van der Waals surface area contributed by atoms with Crippen molar-refractivity contribution in [3.05, 3.63) is 24.0 Å². The van der Waals surface area contributed by atoms with Gasteiger partial charge in [0.15, 0.2) is 5.65 Å². The first-order chi connectivity index (χ1) is 7.86. The van der Waals surface area contributed by atoms with Crippen LogP contribution >= 0.6 is 0 Å². The van der Waals surface area contributed by atoms with E-state index in [1.807, 2.05) is 24.0 Å². The molecule has 3 heterocycles. The molecule has 16 heavy (non-hydrogen) atoms. The fourth-order valence-electron chi connectivity index (χ4n) is 2.50. The van der Waals surface area contributed by atoms with Gasteiger partial charge in [-0.3, -0.25) is 4.68 Å². The van der Waals surface area contributed by atoms with Gasteiger partial charge in [0, 0.05) is 31.1 Å². The Morgan fingerprint density at radius 1 is 1.50 bits per heavy atom. The van der Waals surface area contributed by atoms with E-state index in [2.05, 4.69) is 21.5 Å². The second kappa shape index (κ2) is 3.87. The van der Waals surface area contributed by atoms with Crippen LogP contribution in [0.15, 0.2) is 18.3 Å². The van der Waals surface area contributed by atoms with Crippen LogP contribution < -0.4 is 5.32 Å². The maximum absolute atomic E-state index is 4.63. The fraction of sp³-hybridized carbons (Fsp3) is 0.500. The van der Waals surface area contributed by atoms with Gasteiger partial charge in [-0.1, -0.05) is 0 Å². The van der Waals surface area contributed by atoms with Crippen molar-refractivity contribution in [2.45, 2.75) is 18.8 Å². The molecule has 0 amide bonds. The van der Waals surface area contributed by atoms with Crippen molar-refractivity contribution in [2.75, 3.05) is 13.1 Å². The summed E-state index contributed by atoms with van der Waals surface area (Å²) in [7, 11) is 1.97. The molecule has 2 aromatic heterocycles. The molecule has 1 aliphatic rings. The van der Waals surface area contributed by atoms with E-state index in [4.69, 9.17) is 0 Å². The Morgan fingerprint density at radius 3 is 3.25 bits per heavy atom. The van der Waals surface area contributed by atoms with Crippen LogP contribution in [0.4, 0.5) is 0 Å². The minimum absolute atomic E-state index is 0.543. The van der Waals surface area contributed by atoms with Crippen molar-refractivity contribution in [3.63, 3.8) is 0 Å². The molecule has 1 N–H and O–H groups in total. The number of hydrogen-bond donors (Lipinski definition) is 1. The Kier molecular flexibility index (Phi) is 2.36. The molecule has 4 nitrogen and oxygen atoms in total. The first kappa shape index (κ1) is 9.78. The monoisotopic (exact) mass is 216 g/mol. The highest BCUT2D eigenvalue weighted by Gasteiger charge is 2.21. The largest absolute Gasteiger partial charge is 0.316 e. The second-order valence-electron chi connectivity index (χ2n) is 4.43. The van der Waals surface area contributed by atoms with Gasteiger partial charge in [0.1, 0.15) is 0 Å². The SMILES string of the molecule is Cn1nc(C2CCCNC2)c2cccnc21. The molecule has 84 valence electrons. The average Bonchev–Trinajstić information content (AvgIpc) is 2.69. The predicted molar refractivity (Wildman–Crippen MR) is 63.4 cm³/mol. The van der Waals surface area contributed by atoms with Crippen LogP contribution in [0.3, 0.4) is 0 Å². The summed E-state index contributed by atoms with van der Waals surface area (Å²) in [5, 5.41) is 9.27. The Hall–Kier alpha value is -1.42. The first-order valence-electron chi connectivity index (χ1n) is 5.84. The highest BCUT2D eigenvalue weighted by molar-refractivity contribution is 5.78. The lowest BCUT2D eigenvalue weighted by Crippen LogP contribution is -2.28. The Balaban J connectivity index is 2.08. The van der Waals surface area contributed by atoms with Gasteiger partial charge in [0.2, 0.25) is 0 Å². The number of pyridine rings is 1. The van der Waals surface area contributed by atoms with Gasteiger partial charge in [-0.15, -0.1) is 0 Å². The van der Waals surface area contributed by atoms with E-state index in [-0.39, 0.29) is 0 Å². The standard InChI is InChI=1S/C12H16N4/c1-16-12-10(5-3-7-14-12)11(15-16)9-4-2-6-13-8-9/h3,5,7,9,13H,2,4,6,8H2,1H3. The number of aryl methyl sites for hydroxylation is 1. The molecule has 0 aromatic carbocycles. The zero-order valence-electron chi connectivity index (χ0n) is 9.48. The molecule has 0 bridgehead atoms. The summed E-state index contributed by atoms with van der Waals surface area (Å²) < 4.78 is 1.89. The van der Waals surface area contributed by atoms with Crippen LogP contribution in [0.5, 0.6) is 0 Å². The average molecular weight is 216 g/mol. The van der Waals surface area contributed by atoms with Gasteiger partial charge in [-0.2, -0.15) is 5.10 Å². The van der Waals surface area contributed by atoms with Crippen LogP contribution in [-0.2, 0) is 7.05 Å². The normalized spacial score (nSPS) is 21.4. The van der Waals surface area contributed by atoms with Crippen LogP contribution in [0, 0.1) is 0 Å². The van der Waals surface area contributed by atoms with Crippen molar-refractivity contribution >= 4 is 11.0 Å². The molecule has 1 saturated heterocycles. The van der Waals surface area contributed by atoms with Gasteiger partial charge < -0.3 is 5.32 Å². The topological polar surface area (TPSA) is 42.7 Å². The Bertz CT molecular complexity index is 497. The summed E-state index contributed by atoms with van der Waals surface area (Å²) in [4.78, 5) is 4.38. The Morgan fingerprint density at radius 2 is 2.44 bits per heavy atom. The smallest absolute Gasteiger partial charge is 0.157 e. The van der Waals surface area contributed by atoms with E-state index < -0.39 is 0 Å². The Labute approximate surface area is 94.7 Å². The van der Waals surface area contributed by atoms with Gasteiger partial charge in [-0.25, -0.2) is 4.98 Å². The first-order valence-corrected chi connectivity index (χ1v) is 5.84. The van der Waals surface area contributed by atoms with Crippen molar-refractivity contribution < 1.29 is 0 Å². The van der Waals surface area contributed by atoms with Gasteiger partial charge in [-0.05, 0) is 31.5 Å². The molecule has 1 atom stereocenters. The van der Waals surface area contributed by atoms with Gasteiger partial charge >= 0.3 is 0 Å². The van der Waals surface area contributed by atoms with Crippen LogP contribution in [0.2, 0.25) is 0 Å². The van der Waals surface area contributed by atoms with E-state index in [9.17, 15) is 0 Å². The van der Waals surface area contributed by atoms with E-state index in [1.165, 1.54) is 23.9 Å². The summed E-state index contributed by atoms with van der Waals surface area (Å²) in [5.41, 5.74) is 2.20. The zero-order valence-corrected chi connectivity index (χ0v) is 9.48. The lowest BCUT2D eigenvalue weighted by molar-refractivity contribution is 0.453. The van der Waals surface area contributed by atoms with Crippen LogP contribution in [0.1, 0.15) is 24.5 Å². The predicted octanol–water partition coefficient (Wildman–Crippen LogP) is 1.44. The highest BCUT2D eigenvalue weighted by Crippen LogP contribution is 2.27. The maximum atomic E-state index is 4.63. The number of aromatic nitrogens is 3. The molecule has 1 aliphatic heterocycles. The number of rotatable bonds is 1. The molecular formula is C12H16N4. The second-order valence-corrected chi connectivity index (χ2v) is 4.43. The molecule has 1 unspecified atom stereocenters. The van der Waals surface area contributed by atoms with Crippen molar-refractivity contribution in [1.29, 1.82) is 0 Å². The molecular weight excluding hydrogens is 200 g/mol. The lowest BCUT2D eigenvalue weighted by atomic mass is 9.94. The molecule has 0 spiro atoms. The summed E-state index contributed by atoms with van der Waals surface area (Å²) >= 11 is 0. The quantitative estimate of drug-likeness (QED) is 0.784. The zero-order chi connectivity index (χ0) is 11.0. The number of nitrogens with one attached hydrogen (secondary N) is 1. The molecule has 0 saturated carbocycles.